The van der Waals surface area contributed by atoms with Crippen LogP contribution in [0.1, 0.15) is 83.1 Å². The summed E-state index contributed by atoms with van der Waals surface area (Å²) < 4.78 is 77.3. The van der Waals surface area contributed by atoms with E-state index in [0.717, 1.165) is 0 Å². The van der Waals surface area contributed by atoms with E-state index in [1.807, 2.05) is 0 Å². The Morgan fingerprint density at radius 2 is 0.750 bits per heavy atom. The van der Waals surface area contributed by atoms with E-state index in [-0.39, 0.29) is 5.75 Å². The van der Waals surface area contributed by atoms with Crippen LogP contribution in [0.15, 0.2) is 30.3 Å². The Kier molecular flexibility index (Phi) is 15.5. The molecule has 274 valence electrons. The molecule has 0 saturated carbocycles. The Balaban J connectivity index is 3.70. The third-order valence-electron chi connectivity index (χ3n) is 5.67. The number of ether oxygens (including phenoxy) is 5. The van der Waals surface area contributed by atoms with Crippen molar-refractivity contribution in [1.29, 1.82) is 0 Å². The van der Waals surface area contributed by atoms with Crippen molar-refractivity contribution in [3.63, 3.8) is 0 Å². The summed E-state index contributed by atoms with van der Waals surface area (Å²) in [5, 5.41) is 0. The average molecular weight is 725 g/mol. The zero-order valence-corrected chi connectivity index (χ0v) is 31.6. The second kappa shape index (κ2) is 17.2. The van der Waals surface area contributed by atoms with Crippen LogP contribution in [0.4, 0.5) is 0 Å². The molecule has 48 heavy (non-hydrogen) atoms. The highest BCUT2D eigenvalue weighted by atomic mass is 31.2. The lowest BCUT2D eigenvalue weighted by Crippen LogP contribution is -2.29. The molecule has 1 aromatic rings. The lowest BCUT2D eigenvalue weighted by atomic mass is 9.98. The summed E-state index contributed by atoms with van der Waals surface area (Å²) in [6.45, 7) is 14.7. The summed E-state index contributed by atoms with van der Waals surface area (Å²) in [6, 6.07) is 7.52. The number of benzene rings is 1. The van der Waals surface area contributed by atoms with Gasteiger partial charge in [-0.3, -0.25) is 46.4 Å². The van der Waals surface area contributed by atoms with Crippen molar-refractivity contribution in [2.24, 2.45) is 21.7 Å². The number of carbonyl (C=O) groups is 4. The van der Waals surface area contributed by atoms with Crippen molar-refractivity contribution in [3.05, 3.63) is 30.3 Å². The molecule has 17 heteroatoms. The van der Waals surface area contributed by atoms with Gasteiger partial charge in [-0.05, 0) is 95.2 Å². The number of carbonyl (C=O) groups excluding carboxylic acids is 4. The lowest BCUT2D eigenvalue weighted by Gasteiger charge is -2.32. The Morgan fingerprint density at radius 1 is 0.500 bits per heavy atom. The maximum Gasteiger partial charge on any atom is 0.389 e. The first kappa shape index (κ1) is 43.2. The molecule has 15 nitrogen and oxygen atoms in total. The Morgan fingerprint density at radius 3 is 0.979 bits per heavy atom. The van der Waals surface area contributed by atoms with E-state index >= 15 is 0 Å². The molecule has 0 amide bonds. The molecule has 1 rings (SSSR count). The summed E-state index contributed by atoms with van der Waals surface area (Å²) in [7, 11) is -10.2. The molecule has 1 aromatic carbocycles. The molecule has 0 saturated heterocycles. The van der Waals surface area contributed by atoms with Gasteiger partial charge in [0, 0.05) is 0 Å². The molecule has 0 spiro atoms. The first-order valence-corrected chi connectivity index (χ1v) is 18.1. The van der Waals surface area contributed by atoms with Crippen molar-refractivity contribution in [2.75, 3.05) is 27.2 Å². The predicted molar refractivity (Wildman–Crippen MR) is 172 cm³/mol. The second-order valence-electron chi connectivity index (χ2n) is 14.6. The largest absolute Gasteiger partial charge is 0.465 e. The molecule has 0 aliphatic rings. The van der Waals surface area contributed by atoms with Gasteiger partial charge in [0.05, 0.1) is 21.7 Å². The molecule has 0 heterocycles. The monoisotopic (exact) mass is 724 g/mol. The summed E-state index contributed by atoms with van der Waals surface area (Å²) in [5.74, 6) is -3.07. The Bertz CT molecular complexity index is 1180. The summed E-state index contributed by atoms with van der Waals surface area (Å²) in [5.41, 5.74) is -6.34. The fourth-order valence-electron chi connectivity index (χ4n) is 2.73. The number of rotatable bonds is 16. The van der Waals surface area contributed by atoms with Gasteiger partial charge < -0.3 is 23.7 Å². The molecule has 0 unspecified atom stereocenters. The van der Waals surface area contributed by atoms with E-state index in [0.29, 0.717) is 0 Å². The van der Waals surface area contributed by atoms with Crippen LogP contribution in [0.3, 0.4) is 0 Å². The minimum Gasteiger partial charge on any atom is -0.465 e. The zero-order chi connectivity index (χ0) is 37.2. The van der Waals surface area contributed by atoms with Gasteiger partial charge in [0.15, 0.2) is 0 Å². The van der Waals surface area contributed by atoms with Gasteiger partial charge in [0.1, 0.15) is 5.75 Å². The molecule has 0 N–H and O–H groups in total. The minimum atomic E-state index is -5.10. The summed E-state index contributed by atoms with van der Waals surface area (Å²) in [4.78, 5) is 49.8. The summed E-state index contributed by atoms with van der Waals surface area (Å²) in [6.07, 6.45) is 0. The van der Waals surface area contributed by atoms with Gasteiger partial charge in [-0.15, -0.1) is 0 Å². The highest BCUT2D eigenvalue weighted by molar-refractivity contribution is 7.72. The fraction of sp³-hybridized carbons (Fsp3) is 0.677. The molecular weight excluding hydrogens is 674 g/mol. The molecule has 0 bridgehead atoms. The summed E-state index contributed by atoms with van der Waals surface area (Å²) >= 11 is 0. The highest BCUT2D eigenvalue weighted by Gasteiger charge is 2.55. The molecular formula is C31H50O15P2. The van der Waals surface area contributed by atoms with Gasteiger partial charge in [-0.2, -0.15) is 0 Å². The van der Waals surface area contributed by atoms with Crippen LogP contribution in [0, 0.1) is 21.7 Å². The van der Waals surface area contributed by atoms with Gasteiger partial charge in [0.2, 0.25) is 27.2 Å². The van der Waals surface area contributed by atoms with Gasteiger partial charge >= 0.3 is 39.1 Å². The first-order chi connectivity index (χ1) is 21.7. The van der Waals surface area contributed by atoms with E-state index in [9.17, 15) is 28.3 Å². The van der Waals surface area contributed by atoms with Gasteiger partial charge in [-0.25, -0.2) is 0 Å². The van der Waals surface area contributed by atoms with Crippen molar-refractivity contribution >= 4 is 39.1 Å². The van der Waals surface area contributed by atoms with E-state index < -0.39 is 93.5 Å². The van der Waals surface area contributed by atoms with Crippen molar-refractivity contribution in [1.82, 2.24) is 0 Å². The average Bonchev–Trinajstić information content (AvgIpc) is 2.94. The van der Waals surface area contributed by atoms with Crippen molar-refractivity contribution in [3.8, 4) is 5.75 Å². The highest BCUT2D eigenvalue weighted by Crippen LogP contribution is 2.70. The SMILES string of the molecule is CC(C)(C)C(=O)OCOP(=O)(OCOC(=O)C(C)(C)C)C(Oc1ccccc1)P(=O)(OCOC(=O)C(C)(C)C)OCOC(=O)C(C)(C)C. The first-order valence-electron chi connectivity index (χ1n) is 14.9. The van der Waals surface area contributed by atoms with Crippen LogP contribution in [-0.2, 0) is 65.4 Å². The smallest absolute Gasteiger partial charge is 0.389 e. The zero-order valence-electron chi connectivity index (χ0n) is 29.8. The van der Waals surface area contributed by atoms with E-state index in [2.05, 4.69) is 0 Å². The van der Waals surface area contributed by atoms with E-state index in [1.54, 1.807) is 89.2 Å². The van der Waals surface area contributed by atoms with Crippen LogP contribution in [0.2, 0.25) is 0 Å². The van der Waals surface area contributed by atoms with E-state index in [4.69, 9.17) is 41.8 Å². The third kappa shape index (κ3) is 14.4. The fourth-order valence-corrected chi connectivity index (χ4v) is 6.88. The molecule has 0 radical (unpaired) electrons. The van der Waals surface area contributed by atoms with Crippen molar-refractivity contribution in [2.45, 2.75) is 88.7 Å². The van der Waals surface area contributed by atoms with Crippen LogP contribution < -0.4 is 4.74 Å². The van der Waals surface area contributed by atoms with Crippen LogP contribution in [0.5, 0.6) is 5.75 Å². The third-order valence-corrected chi connectivity index (χ3v) is 10.5. The number of esters is 4. The quantitative estimate of drug-likeness (QED) is 0.0734. The molecule has 0 aromatic heterocycles. The second-order valence-corrected chi connectivity index (χ2v) is 19.1. The maximum atomic E-state index is 14.6. The van der Waals surface area contributed by atoms with Crippen LogP contribution >= 0.6 is 15.2 Å². The van der Waals surface area contributed by atoms with Gasteiger partial charge in [-0.1, -0.05) is 18.2 Å². The number of para-hydroxylation sites is 1. The Hall–Kier alpha value is -2.80. The topological polar surface area (TPSA) is 185 Å². The number of hydrogen-bond acceptors (Lipinski definition) is 15. The molecule has 0 aliphatic heterocycles. The minimum absolute atomic E-state index is 0.0425. The lowest BCUT2D eigenvalue weighted by molar-refractivity contribution is -0.163. The van der Waals surface area contributed by atoms with E-state index in [1.165, 1.54) is 24.3 Å². The Labute approximate surface area is 282 Å². The van der Waals surface area contributed by atoms with Crippen LogP contribution in [-0.4, -0.2) is 56.6 Å². The standard InChI is InChI=1S/C31H50O15P2/c1-28(2,3)23(32)38-18-42-47(36,43-19-39-24(33)29(4,5)6)27(46-22-16-14-13-15-17-22)48(37,44-20-40-25(34)30(7,8)9)45-21-41-26(35)31(10,11)12/h13-17,27H,18-21H2,1-12H3. The number of hydrogen-bond donors (Lipinski definition) is 0. The van der Waals surface area contributed by atoms with Crippen molar-refractivity contribution < 1.29 is 70.1 Å². The maximum absolute atomic E-state index is 14.6. The molecule has 0 fully saturated rings. The van der Waals surface area contributed by atoms with Crippen LogP contribution in [0.25, 0.3) is 0 Å². The molecule has 0 atom stereocenters. The van der Waals surface area contributed by atoms with Gasteiger partial charge in [0.25, 0.3) is 5.59 Å². The predicted octanol–water partition coefficient (Wildman–Crippen LogP) is 6.99. The molecule has 0 aliphatic carbocycles. The normalized spacial score (nSPS) is 13.1.